The first-order valence-electron chi connectivity index (χ1n) is 11.7. The number of ether oxygens (including phenoxy) is 1. The number of nitrogens with zero attached hydrogens (tertiary/aromatic N) is 2. The summed E-state index contributed by atoms with van der Waals surface area (Å²) in [6.45, 7) is 2.36. The van der Waals surface area contributed by atoms with Gasteiger partial charge in [0.1, 0.15) is 11.6 Å². The maximum absolute atomic E-state index is 12.6. The fourth-order valence-electron chi connectivity index (χ4n) is 5.56. The van der Waals surface area contributed by atoms with E-state index in [0.717, 1.165) is 44.3 Å². The highest BCUT2D eigenvalue weighted by molar-refractivity contribution is 5.92. The van der Waals surface area contributed by atoms with Gasteiger partial charge in [-0.3, -0.25) is 4.79 Å². The van der Waals surface area contributed by atoms with Gasteiger partial charge in [-0.15, -0.1) is 0 Å². The summed E-state index contributed by atoms with van der Waals surface area (Å²) in [5.74, 6) is 0.219. The third-order valence-electron chi connectivity index (χ3n) is 7.66. The van der Waals surface area contributed by atoms with Crippen molar-refractivity contribution in [2.24, 2.45) is 5.41 Å². The highest BCUT2D eigenvalue weighted by Crippen LogP contribution is 2.65. The monoisotopic (exact) mass is 446 g/mol. The molecule has 1 aromatic heterocycles. The zero-order chi connectivity index (χ0) is 22.6. The molecule has 7 heteroatoms. The first-order chi connectivity index (χ1) is 16.0. The van der Waals surface area contributed by atoms with Gasteiger partial charge in [-0.05, 0) is 79.3 Å². The van der Waals surface area contributed by atoms with Crippen LogP contribution in [0, 0.1) is 5.41 Å². The van der Waals surface area contributed by atoms with Crippen LogP contribution in [0.1, 0.15) is 53.9 Å². The summed E-state index contributed by atoms with van der Waals surface area (Å²) >= 11 is 0. The van der Waals surface area contributed by atoms with Gasteiger partial charge >= 0.3 is 5.97 Å². The molecule has 2 saturated heterocycles. The number of oxazole rings is 1. The molecule has 2 atom stereocenters. The number of carbonyl (C=O) groups is 2. The molecule has 0 radical (unpaired) electrons. The lowest BCUT2D eigenvalue weighted by Gasteiger charge is -2.34. The molecule has 2 aromatic carbocycles. The average Bonchev–Trinajstić information content (AvgIpc) is 3.21. The normalized spacial score (nSPS) is 23.8. The van der Waals surface area contributed by atoms with Crippen LogP contribution in [0.4, 0.5) is 0 Å². The summed E-state index contributed by atoms with van der Waals surface area (Å²) in [5.41, 5.74) is 3.81. The van der Waals surface area contributed by atoms with E-state index in [1.807, 2.05) is 17.0 Å². The molecule has 0 bridgehead atoms. The Morgan fingerprint density at radius 1 is 1.09 bits per heavy atom. The van der Waals surface area contributed by atoms with Gasteiger partial charge in [-0.2, -0.15) is 0 Å². The van der Waals surface area contributed by atoms with Crippen LogP contribution in [0.5, 0.6) is 0 Å². The summed E-state index contributed by atoms with van der Waals surface area (Å²) in [6.07, 6.45) is 4.90. The minimum atomic E-state index is -0.986. The fraction of sp³-hybridized carbons (Fsp3) is 0.423. The summed E-state index contributed by atoms with van der Waals surface area (Å²) in [7, 11) is 0. The third-order valence-corrected chi connectivity index (χ3v) is 7.66. The Labute approximate surface area is 191 Å². The summed E-state index contributed by atoms with van der Waals surface area (Å²) < 4.78 is 11.4. The quantitative estimate of drug-likeness (QED) is 0.636. The molecule has 0 unspecified atom stereocenters. The Morgan fingerprint density at radius 3 is 2.58 bits per heavy atom. The molecule has 7 nitrogen and oxygen atoms in total. The lowest BCUT2D eigenvalue weighted by atomic mass is 9.88. The van der Waals surface area contributed by atoms with Gasteiger partial charge in [0.05, 0.1) is 5.56 Å². The molecule has 6 rings (SSSR count). The molecule has 1 aliphatic carbocycles. The molecule has 3 fully saturated rings. The number of amides is 1. The number of carboxylic acid groups (broad SMARTS) is 1. The maximum Gasteiger partial charge on any atom is 0.335 e. The number of benzene rings is 2. The SMILES string of the molecule is O=C(O)c1ccc2nc(-c3ccc([C@H]4CC45CCN(C(=O)[C@H]4CCCO4)CC5)cc3)oc2c1. The minimum absolute atomic E-state index is 0.178. The number of hydrogen-bond acceptors (Lipinski definition) is 5. The van der Waals surface area contributed by atoms with E-state index in [-0.39, 0.29) is 17.6 Å². The van der Waals surface area contributed by atoms with E-state index in [0.29, 0.717) is 34.9 Å². The zero-order valence-corrected chi connectivity index (χ0v) is 18.3. The molecule has 3 aromatic rings. The van der Waals surface area contributed by atoms with E-state index in [4.69, 9.17) is 14.3 Å². The van der Waals surface area contributed by atoms with Crippen LogP contribution in [-0.2, 0) is 9.53 Å². The molecule has 33 heavy (non-hydrogen) atoms. The molecular formula is C26H26N2O5. The average molecular weight is 447 g/mol. The van der Waals surface area contributed by atoms with Crippen LogP contribution in [-0.4, -0.2) is 52.7 Å². The smallest absolute Gasteiger partial charge is 0.335 e. The first-order valence-corrected chi connectivity index (χ1v) is 11.7. The van der Waals surface area contributed by atoms with Gasteiger partial charge in [0.25, 0.3) is 5.91 Å². The van der Waals surface area contributed by atoms with E-state index < -0.39 is 5.97 Å². The van der Waals surface area contributed by atoms with Crippen LogP contribution in [0.25, 0.3) is 22.6 Å². The van der Waals surface area contributed by atoms with Crippen LogP contribution < -0.4 is 0 Å². The number of rotatable bonds is 4. The molecule has 1 N–H and O–H groups in total. The molecule has 2 aliphatic heterocycles. The standard InChI is InChI=1S/C26H26N2O5/c29-24(21-2-1-13-32-21)28-11-9-26(10-12-28)15-19(26)16-3-5-17(6-4-16)23-27-20-8-7-18(25(30)31)14-22(20)33-23/h3-8,14,19,21H,1-2,9-13,15H2,(H,30,31)/t19-,21-/m1/s1. The highest BCUT2D eigenvalue weighted by atomic mass is 16.5. The molecule has 3 aliphatic rings. The Hall–Kier alpha value is -3.19. The van der Waals surface area contributed by atoms with E-state index >= 15 is 0 Å². The number of carboxylic acids is 1. The van der Waals surface area contributed by atoms with Crippen molar-refractivity contribution in [3.8, 4) is 11.5 Å². The third kappa shape index (κ3) is 3.60. The Morgan fingerprint density at radius 2 is 1.88 bits per heavy atom. The number of piperidine rings is 1. The summed E-state index contributed by atoms with van der Waals surface area (Å²) in [4.78, 5) is 30.3. The predicted molar refractivity (Wildman–Crippen MR) is 121 cm³/mol. The Bertz CT molecular complexity index is 1220. The van der Waals surface area contributed by atoms with Gasteiger partial charge in [0.15, 0.2) is 5.58 Å². The van der Waals surface area contributed by atoms with Gasteiger partial charge in [-0.25, -0.2) is 9.78 Å². The van der Waals surface area contributed by atoms with Crippen molar-refractivity contribution in [1.82, 2.24) is 9.88 Å². The second-order valence-corrected chi connectivity index (χ2v) is 9.57. The number of aromatic carboxylic acids is 1. The van der Waals surface area contributed by atoms with Gasteiger partial charge in [0, 0.05) is 25.3 Å². The van der Waals surface area contributed by atoms with E-state index in [2.05, 4.69) is 17.1 Å². The Kier molecular flexibility index (Phi) is 4.76. The number of hydrogen-bond donors (Lipinski definition) is 1. The summed E-state index contributed by atoms with van der Waals surface area (Å²) in [5, 5.41) is 9.17. The Balaban J connectivity index is 1.12. The van der Waals surface area contributed by atoms with E-state index in [9.17, 15) is 9.59 Å². The number of aromatic nitrogens is 1. The van der Waals surface area contributed by atoms with Crippen molar-refractivity contribution in [2.45, 2.75) is 44.1 Å². The van der Waals surface area contributed by atoms with E-state index in [1.165, 1.54) is 24.1 Å². The topological polar surface area (TPSA) is 92.9 Å². The van der Waals surface area contributed by atoms with Crippen LogP contribution in [0.2, 0.25) is 0 Å². The van der Waals surface area contributed by atoms with Crippen LogP contribution in [0.3, 0.4) is 0 Å². The molecule has 1 amide bonds. The second-order valence-electron chi connectivity index (χ2n) is 9.57. The molecule has 3 heterocycles. The van der Waals surface area contributed by atoms with E-state index in [1.54, 1.807) is 6.07 Å². The number of carbonyl (C=O) groups excluding carboxylic acids is 1. The highest BCUT2D eigenvalue weighted by Gasteiger charge is 2.55. The van der Waals surface area contributed by atoms with Crippen LogP contribution in [0.15, 0.2) is 46.9 Å². The van der Waals surface area contributed by atoms with Crippen molar-refractivity contribution in [2.75, 3.05) is 19.7 Å². The predicted octanol–water partition coefficient (Wildman–Crippen LogP) is 4.47. The van der Waals surface area contributed by atoms with Crippen molar-refractivity contribution in [1.29, 1.82) is 0 Å². The molecule has 1 spiro atoms. The maximum atomic E-state index is 12.6. The molecular weight excluding hydrogens is 420 g/mol. The lowest BCUT2D eigenvalue weighted by Crippen LogP contribution is -2.44. The van der Waals surface area contributed by atoms with Gasteiger partial charge in [0.2, 0.25) is 5.89 Å². The molecule has 1 saturated carbocycles. The number of fused-ring (bicyclic) bond motifs is 1. The first kappa shape index (κ1) is 20.4. The molecule has 170 valence electrons. The van der Waals surface area contributed by atoms with Crippen molar-refractivity contribution in [3.05, 3.63) is 53.6 Å². The second kappa shape index (κ2) is 7.70. The largest absolute Gasteiger partial charge is 0.478 e. The summed E-state index contributed by atoms with van der Waals surface area (Å²) in [6, 6.07) is 13.1. The van der Waals surface area contributed by atoms with Crippen molar-refractivity contribution < 1.29 is 23.8 Å². The minimum Gasteiger partial charge on any atom is -0.478 e. The lowest BCUT2D eigenvalue weighted by molar-refractivity contribution is -0.142. The fourth-order valence-corrected chi connectivity index (χ4v) is 5.56. The van der Waals surface area contributed by atoms with Crippen molar-refractivity contribution in [3.63, 3.8) is 0 Å². The van der Waals surface area contributed by atoms with Gasteiger partial charge in [-0.1, -0.05) is 12.1 Å². The van der Waals surface area contributed by atoms with Crippen molar-refractivity contribution >= 4 is 23.0 Å². The van der Waals surface area contributed by atoms with Gasteiger partial charge < -0.3 is 19.2 Å². The zero-order valence-electron chi connectivity index (χ0n) is 18.3. The van der Waals surface area contributed by atoms with Crippen LogP contribution >= 0.6 is 0 Å². The number of likely N-dealkylation sites (tertiary alicyclic amines) is 1.